The molecule has 1 N–H and O–H groups in total. The van der Waals surface area contributed by atoms with Gasteiger partial charge in [-0.3, -0.25) is 24.6 Å². The summed E-state index contributed by atoms with van der Waals surface area (Å²) in [6.45, 7) is 1.57. The van der Waals surface area contributed by atoms with Crippen LogP contribution in [0.3, 0.4) is 0 Å². The predicted molar refractivity (Wildman–Crippen MR) is 156 cm³/mol. The van der Waals surface area contributed by atoms with Crippen LogP contribution in [0.25, 0.3) is 5.69 Å². The molecule has 6 rings (SSSR count). The van der Waals surface area contributed by atoms with Crippen molar-refractivity contribution in [2.75, 3.05) is 20.3 Å². The fourth-order valence-corrected chi connectivity index (χ4v) is 6.26. The number of nitrogens with zero attached hydrogens (tertiary/aromatic N) is 4. The number of benzene rings is 2. The van der Waals surface area contributed by atoms with Gasteiger partial charge in [-0.25, -0.2) is 9.48 Å². The molecule has 1 unspecified atom stereocenters. The van der Waals surface area contributed by atoms with Crippen LogP contribution in [-0.4, -0.2) is 75.6 Å². The minimum Gasteiger partial charge on any atom is -0.492 e. The van der Waals surface area contributed by atoms with Crippen molar-refractivity contribution in [3.8, 4) is 11.4 Å². The van der Waals surface area contributed by atoms with E-state index in [1.807, 2.05) is 0 Å². The number of likely N-dealkylation sites (tertiary alicyclic amines) is 1. The second-order valence-corrected chi connectivity index (χ2v) is 11.6. The van der Waals surface area contributed by atoms with Crippen molar-refractivity contribution in [1.82, 2.24) is 24.9 Å². The van der Waals surface area contributed by atoms with E-state index in [2.05, 4.69) is 15.3 Å². The van der Waals surface area contributed by atoms with Gasteiger partial charge in [0.1, 0.15) is 18.4 Å². The fourth-order valence-electron chi connectivity index (χ4n) is 6.26. The third kappa shape index (κ3) is 6.34. The van der Waals surface area contributed by atoms with Crippen LogP contribution in [0.4, 0.5) is 13.2 Å². The third-order valence-electron chi connectivity index (χ3n) is 8.67. The number of methoxy groups -OCH3 is 1. The summed E-state index contributed by atoms with van der Waals surface area (Å²) in [6.07, 6.45) is 0.194. The monoisotopic (exact) mass is 639 g/mol. The van der Waals surface area contributed by atoms with Gasteiger partial charge in [0, 0.05) is 42.9 Å². The summed E-state index contributed by atoms with van der Waals surface area (Å²) in [6, 6.07) is 9.17. The Morgan fingerprint density at radius 1 is 1.09 bits per heavy atom. The SMILES string of the molecule is COC(=O)c1nn(-c2cccc(C(F)(F)F)c2)cc1CN1CCCC[C@H]1COc1ccc2c(c1)CN(C1CCC(=O)NC1=O)C2=O. The maximum atomic E-state index is 13.3. The van der Waals surface area contributed by atoms with Gasteiger partial charge in [-0.1, -0.05) is 12.5 Å². The van der Waals surface area contributed by atoms with Crippen LogP contribution in [0, 0.1) is 0 Å². The van der Waals surface area contributed by atoms with Crippen LogP contribution in [0.1, 0.15) is 69.6 Å². The highest BCUT2D eigenvalue weighted by Gasteiger charge is 2.39. The van der Waals surface area contributed by atoms with Crippen molar-refractivity contribution >= 4 is 23.7 Å². The molecule has 3 aliphatic heterocycles. The van der Waals surface area contributed by atoms with Crippen molar-refractivity contribution in [3.63, 3.8) is 0 Å². The molecular formula is C32H32F3N5O6. The second kappa shape index (κ2) is 12.6. The molecule has 2 atom stereocenters. The summed E-state index contributed by atoms with van der Waals surface area (Å²) in [5.74, 6) is -1.20. The molecule has 0 bridgehead atoms. The van der Waals surface area contributed by atoms with E-state index < -0.39 is 29.7 Å². The zero-order valence-electron chi connectivity index (χ0n) is 25.0. The van der Waals surface area contributed by atoms with Crippen LogP contribution in [0.5, 0.6) is 5.75 Å². The highest BCUT2D eigenvalue weighted by molar-refractivity contribution is 6.05. The molecule has 3 aliphatic rings. The van der Waals surface area contributed by atoms with Gasteiger partial charge in [-0.2, -0.15) is 18.3 Å². The quantitative estimate of drug-likeness (QED) is 0.291. The summed E-state index contributed by atoms with van der Waals surface area (Å²) in [4.78, 5) is 53.2. The summed E-state index contributed by atoms with van der Waals surface area (Å²) < 4.78 is 52.4. The number of carbonyl (C=O) groups is 4. The van der Waals surface area contributed by atoms with Gasteiger partial charge in [-0.15, -0.1) is 0 Å². The predicted octanol–water partition coefficient (Wildman–Crippen LogP) is 3.87. The van der Waals surface area contributed by atoms with Crippen LogP contribution in [-0.2, 0) is 33.6 Å². The Balaban J connectivity index is 1.16. The molecule has 2 aromatic carbocycles. The van der Waals surface area contributed by atoms with E-state index in [-0.39, 0.29) is 48.6 Å². The largest absolute Gasteiger partial charge is 0.492 e. The van der Waals surface area contributed by atoms with Crippen molar-refractivity contribution in [1.29, 1.82) is 0 Å². The lowest BCUT2D eigenvalue weighted by atomic mass is 10.0. The first-order chi connectivity index (χ1) is 22.0. The fraction of sp³-hybridized carbons (Fsp3) is 0.406. The van der Waals surface area contributed by atoms with Crippen LogP contribution >= 0.6 is 0 Å². The van der Waals surface area contributed by atoms with Gasteiger partial charge in [0.05, 0.1) is 18.4 Å². The average Bonchev–Trinajstić information content (AvgIpc) is 3.60. The molecule has 0 spiro atoms. The number of nitrogens with one attached hydrogen (secondary N) is 1. The highest BCUT2D eigenvalue weighted by Crippen LogP contribution is 2.32. The van der Waals surface area contributed by atoms with Gasteiger partial charge in [0.2, 0.25) is 11.8 Å². The molecule has 2 saturated heterocycles. The number of hydrogen-bond acceptors (Lipinski definition) is 8. The maximum absolute atomic E-state index is 13.3. The number of carbonyl (C=O) groups excluding carboxylic acids is 4. The van der Waals surface area contributed by atoms with E-state index in [0.717, 1.165) is 37.0 Å². The third-order valence-corrected chi connectivity index (χ3v) is 8.67. The lowest BCUT2D eigenvalue weighted by Gasteiger charge is -2.35. The van der Waals surface area contributed by atoms with E-state index >= 15 is 0 Å². The number of hydrogen-bond donors (Lipinski definition) is 1. The molecule has 14 heteroatoms. The molecule has 0 radical (unpaired) electrons. The Kier molecular flexibility index (Phi) is 8.55. The summed E-state index contributed by atoms with van der Waals surface area (Å²) in [5, 5.41) is 6.59. The normalized spacial score (nSPS) is 20.4. The van der Waals surface area contributed by atoms with E-state index in [4.69, 9.17) is 9.47 Å². The summed E-state index contributed by atoms with van der Waals surface area (Å²) in [7, 11) is 1.22. The Morgan fingerprint density at radius 2 is 1.91 bits per heavy atom. The molecule has 4 heterocycles. The molecule has 3 amide bonds. The first kappa shape index (κ1) is 31.3. The highest BCUT2D eigenvalue weighted by atomic mass is 19.4. The number of fused-ring (bicyclic) bond motifs is 1. The molecule has 2 fully saturated rings. The first-order valence-electron chi connectivity index (χ1n) is 15.0. The molecule has 0 saturated carbocycles. The van der Waals surface area contributed by atoms with E-state index in [1.54, 1.807) is 24.4 Å². The Hall–Kier alpha value is -4.72. The smallest absolute Gasteiger partial charge is 0.416 e. The van der Waals surface area contributed by atoms with Gasteiger partial charge in [0.15, 0.2) is 5.69 Å². The Labute approximate surface area is 262 Å². The van der Waals surface area contributed by atoms with E-state index in [9.17, 15) is 32.3 Å². The number of amides is 3. The number of alkyl halides is 3. The standard InChI is InChI=1S/C32H32F3N5O6/c1-45-31(44)28-20(17-40(37-28)22-7-4-5-21(14-22)32(33,34)35)15-38-12-3-2-6-23(38)18-46-24-8-9-25-19(13-24)16-39(30(25)43)26-10-11-27(41)36-29(26)42/h4-5,7-9,13-14,17,23,26H,2-3,6,10-12,15-16,18H2,1H3,(H,36,41,42)/t23-,26?/m0/s1. The van der Waals surface area contributed by atoms with Crippen LogP contribution in [0.2, 0.25) is 0 Å². The lowest BCUT2D eigenvalue weighted by Crippen LogP contribution is -2.52. The molecule has 242 valence electrons. The molecule has 1 aromatic heterocycles. The molecule has 11 nitrogen and oxygen atoms in total. The van der Waals surface area contributed by atoms with Crippen molar-refractivity contribution in [2.45, 2.75) is 63.5 Å². The second-order valence-electron chi connectivity index (χ2n) is 11.6. The minimum absolute atomic E-state index is 0.0222. The van der Waals surface area contributed by atoms with Gasteiger partial charge < -0.3 is 14.4 Å². The lowest BCUT2D eigenvalue weighted by molar-refractivity contribution is -0.138. The topological polar surface area (TPSA) is 123 Å². The average molecular weight is 640 g/mol. The van der Waals surface area contributed by atoms with Crippen molar-refractivity contribution < 1.29 is 41.8 Å². The van der Waals surface area contributed by atoms with Crippen molar-refractivity contribution in [3.05, 3.63) is 76.6 Å². The Morgan fingerprint density at radius 3 is 2.67 bits per heavy atom. The summed E-state index contributed by atoms with van der Waals surface area (Å²) >= 11 is 0. The van der Waals surface area contributed by atoms with Crippen LogP contribution in [0.15, 0.2) is 48.7 Å². The first-order valence-corrected chi connectivity index (χ1v) is 15.0. The van der Waals surface area contributed by atoms with Gasteiger partial charge in [0.25, 0.3) is 5.91 Å². The van der Waals surface area contributed by atoms with Crippen molar-refractivity contribution in [2.24, 2.45) is 0 Å². The zero-order chi connectivity index (χ0) is 32.6. The number of piperidine rings is 2. The number of ether oxygens (including phenoxy) is 2. The maximum Gasteiger partial charge on any atom is 0.416 e. The number of esters is 1. The number of halogens is 3. The summed E-state index contributed by atoms with van der Waals surface area (Å²) in [5.41, 5.74) is 1.10. The molecule has 46 heavy (non-hydrogen) atoms. The van der Waals surface area contributed by atoms with E-state index in [0.29, 0.717) is 36.6 Å². The van der Waals surface area contributed by atoms with E-state index in [1.165, 1.54) is 28.8 Å². The molecule has 3 aromatic rings. The number of aromatic nitrogens is 2. The molecule has 0 aliphatic carbocycles. The minimum atomic E-state index is -4.53. The zero-order valence-corrected chi connectivity index (χ0v) is 25.0. The van der Waals surface area contributed by atoms with Crippen LogP contribution < -0.4 is 10.1 Å². The van der Waals surface area contributed by atoms with Gasteiger partial charge >= 0.3 is 12.1 Å². The number of rotatable bonds is 8. The Bertz CT molecular complexity index is 1690. The molecular weight excluding hydrogens is 607 g/mol. The number of imide groups is 1. The van der Waals surface area contributed by atoms with Gasteiger partial charge in [-0.05, 0) is 67.8 Å².